The molecule has 0 radical (unpaired) electrons. The molecule has 0 N–H and O–H groups in total. The summed E-state index contributed by atoms with van der Waals surface area (Å²) in [5.41, 5.74) is 0.901. The van der Waals surface area contributed by atoms with E-state index in [1.807, 2.05) is 0 Å². The number of Topliss-reactive ketones (excluding diaryl/α,β-unsaturated/α-hetero) is 1. The minimum absolute atomic E-state index is 0.350. The van der Waals surface area contributed by atoms with Crippen molar-refractivity contribution in [3.8, 4) is 0 Å². The van der Waals surface area contributed by atoms with Crippen molar-refractivity contribution in [1.82, 2.24) is 0 Å². The molecule has 4 saturated carbocycles. The number of carbonyl (C=O) groups excluding carboxylic acids is 1. The number of carbonyl (C=O) groups is 1. The zero-order valence-electron chi connectivity index (χ0n) is 15.6. The van der Waals surface area contributed by atoms with Gasteiger partial charge in [-0.2, -0.15) is 0 Å². The zero-order valence-corrected chi connectivity index (χ0v) is 15.6. The Balaban J connectivity index is 1.64. The van der Waals surface area contributed by atoms with Gasteiger partial charge in [0.1, 0.15) is 5.78 Å². The van der Waals surface area contributed by atoms with Crippen molar-refractivity contribution in [2.24, 2.45) is 40.4 Å². The highest BCUT2D eigenvalue weighted by Crippen LogP contribution is 2.67. The summed E-state index contributed by atoms with van der Waals surface area (Å²) in [6.07, 6.45) is 14.6. The molecule has 4 aliphatic carbocycles. The summed E-state index contributed by atoms with van der Waals surface area (Å²) in [5.74, 6) is 4.42. The van der Waals surface area contributed by atoms with Gasteiger partial charge in [0.15, 0.2) is 0 Å². The molecular weight excluding hydrogens is 280 g/mol. The molecule has 0 heterocycles. The summed E-state index contributed by atoms with van der Waals surface area (Å²) in [5, 5.41) is 0. The van der Waals surface area contributed by atoms with Gasteiger partial charge in [-0.25, -0.2) is 0 Å². The van der Waals surface area contributed by atoms with Crippen LogP contribution in [0.15, 0.2) is 0 Å². The third kappa shape index (κ3) is 2.20. The molecule has 1 nitrogen and oxygen atoms in total. The molecule has 130 valence electrons. The molecule has 0 aromatic carbocycles. The third-order valence-corrected chi connectivity index (χ3v) is 9.20. The van der Waals surface area contributed by atoms with Gasteiger partial charge in [-0.15, -0.1) is 0 Å². The lowest BCUT2D eigenvalue weighted by Gasteiger charge is -2.59. The average Bonchev–Trinajstić information content (AvgIpc) is 2.85. The minimum atomic E-state index is 0.350. The molecule has 0 saturated heterocycles. The minimum Gasteiger partial charge on any atom is -0.299 e. The van der Waals surface area contributed by atoms with E-state index in [4.69, 9.17) is 0 Å². The Hall–Kier alpha value is -0.330. The molecule has 23 heavy (non-hydrogen) atoms. The Morgan fingerprint density at radius 3 is 2.52 bits per heavy atom. The zero-order chi connectivity index (χ0) is 16.2. The lowest BCUT2D eigenvalue weighted by atomic mass is 9.44. The van der Waals surface area contributed by atoms with E-state index in [1.54, 1.807) is 0 Å². The van der Waals surface area contributed by atoms with Crippen LogP contribution >= 0.6 is 0 Å². The van der Waals surface area contributed by atoms with Crippen LogP contribution in [-0.2, 0) is 4.79 Å². The molecule has 0 aromatic rings. The number of fused-ring (bicyclic) bond motifs is 5. The number of ketones is 1. The van der Waals surface area contributed by atoms with Crippen LogP contribution in [0.5, 0.6) is 0 Å². The van der Waals surface area contributed by atoms with E-state index in [-0.39, 0.29) is 0 Å². The second-order valence-corrected chi connectivity index (χ2v) is 9.96. The highest BCUT2D eigenvalue weighted by atomic mass is 16.1. The summed E-state index contributed by atoms with van der Waals surface area (Å²) in [7, 11) is 0. The van der Waals surface area contributed by atoms with Crippen molar-refractivity contribution in [2.75, 3.05) is 0 Å². The third-order valence-electron chi connectivity index (χ3n) is 9.20. The summed E-state index contributed by atoms with van der Waals surface area (Å²) in [6, 6.07) is 0. The number of hydrogen-bond acceptors (Lipinski definition) is 1. The standard InChI is InChI=1S/C22H36O/c1-4-7-15-9-10-17-16-14-20(23)19-8-5-6-12-22(19,3)18(16)11-13-21(15,17)2/h15-19H,4-14H2,1-3H3. The molecule has 4 fully saturated rings. The largest absolute Gasteiger partial charge is 0.299 e. The van der Waals surface area contributed by atoms with Crippen LogP contribution in [-0.4, -0.2) is 5.78 Å². The predicted octanol–water partition coefficient (Wildman–Crippen LogP) is 6.01. The topological polar surface area (TPSA) is 17.1 Å². The molecule has 4 aliphatic rings. The SMILES string of the molecule is CCCC1CCC2C3CC(=O)C4CCCCC4(C)C3CCC12C. The Morgan fingerprint density at radius 2 is 1.74 bits per heavy atom. The summed E-state index contributed by atoms with van der Waals surface area (Å²) in [6.45, 7) is 7.45. The van der Waals surface area contributed by atoms with E-state index in [0.717, 1.165) is 30.1 Å². The molecule has 0 aliphatic heterocycles. The van der Waals surface area contributed by atoms with Crippen LogP contribution < -0.4 is 0 Å². The second kappa shape index (κ2) is 5.60. The Morgan fingerprint density at radius 1 is 0.957 bits per heavy atom. The van der Waals surface area contributed by atoms with E-state index < -0.39 is 0 Å². The van der Waals surface area contributed by atoms with Gasteiger partial charge in [-0.3, -0.25) is 4.79 Å². The highest BCUT2D eigenvalue weighted by molar-refractivity contribution is 5.83. The average molecular weight is 317 g/mol. The molecular formula is C22H36O. The molecule has 4 rings (SSSR count). The van der Waals surface area contributed by atoms with Crippen molar-refractivity contribution in [1.29, 1.82) is 0 Å². The van der Waals surface area contributed by atoms with Crippen molar-refractivity contribution in [2.45, 2.75) is 91.4 Å². The van der Waals surface area contributed by atoms with Gasteiger partial charge in [0, 0.05) is 12.3 Å². The molecule has 0 amide bonds. The van der Waals surface area contributed by atoms with E-state index in [9.17, 15) is 4.79 Å². The van der Waals surface area contributed by atoms with Crippen molar-refractivity contribution < 1.29 is 4.79 Å². The summed E-state index contributed by atoms with van der Waals surface area (Å²) >= 11 is 0. The van der Waals surface area contributed by atoms with Gasteiger partial charge in [0.05, 0.1) is 0 Å². The van der Waals surface area contributed by atoms with Gasteiger partial charge in [0.25, 0.3) is 0 Å². The van der Waals surface area contributed by atoms with Gasteiger partial charge >= 0.3 is 0 Å². The van der Waals surface area contributed by atoms with Crippen LogP contribution in [0.25, 0.3) is 0 Å². The van der Waals surface area contributed by atoms with Crippen LogP contribution in [0.4, 0.5) is 0 Å². The van der Waals surface area contributed by atoms with Crippen molar-refractivity contribution >= 4 is 5.78 Å². The van der Waals surface area contributed by atoms with E-state index >= 15 is 0 Å². The first-order chi connectivity index (χ1) is 11.0. The van der Waals surface area contributed by atoms with Gasteiger partial charge in [-0.05, 0) is 73.0 Å². The second-order valence-electron chi connectivity index (χ2n) is 9.96. The number of rotatable bonds is 2. The summed E-state index contributed by atoms with van der Waals surface area (Å²) < 4.78 is 0. The van der Waals surface area contributed by atoms with Crippen LogP contribution in [0, 0.1) is 40.4 Å². The van der Waals surface area contributed by atoms with Gasteiger partial charge in [-0.1, -0.05) is 46.5 Å². The van der Waals surface area contributed by atoms with E-state index in [0.29, 0.717) is 22.5 Å². The summed E-state index contributed by atoms with van der Waals surface area (Å²) in [4.78, 5) is 13.0. The van der Waals surface area contributed by atoms with Gasteiger partial charge in [0.2, 0.25) is 0 Å². The van der Waals surface area contributed by atoms with Crippen molar-refractivity contribution in [3.63, 3.8) is 0 Å². The first-order valence-corrected chi connectivity index (χ1v) is 10.5. The van der Waals surface area contributed by atoms with Gasteiger partial charge < -0.3 is 0 Å². The Kier molecular flexibility index (Phi) is 3.93. The predicted molar refractivity (Wildman–Crippen MR) is 95.1 cm³/mol. The maximum absolute atomic E-state index is 13.0. The maximum Gasteiger partial charge on any atom is 0.136 e. The quantitative estimate of drug-likeness (QED) is 0.609. The molecule has 0 bridgehead atoms. The van der Waals surface area contributed by atoms with E-state index in [2.05, 4.69) is 20.8 Å². The van der Waals surface area contributed by atoms with E-state index in [1.165, 1.54) is 64.2 Å². The molecule has 7 atom stereocenters. The fourth-order valence-electron chi connectivity index (χ4n) is 8.03. The van der Waals surface area contributed by atoms with Crippen molar-refractivity contribution in [3.05, 3.63) is 0 Å². The Labute approximate surface area is 143 Å². The fraction of sp³-hybridized carbons (Fsp3) is 0.955. The smallest absolute Gasteiger partial charge is 0.136 e. The highest BCUT2D eigenvalue weighted by Gasteiger charge is 2.61. The molecule has 0 aromatic heterocycles. The molecule has 1 heteroatoms. The molecule has 0 spiro atoms. The van der Waals surface area contributed by atoms with Crippen LogP contribution in [0.3, 0.4) is 0 Å². The normalized spacial score (nSPS) is 52.7. The van der Waals surface area contributed by atoms with Crippen LogP contribution in [0.1, 0.15) is 91.4 Å². The monoisotopic (exact) mass is 316 g/mol. The fourth-order valence-corrected chi connectivity index (χ4v) is 8.03. The molecule has 7 unspecified atom stereocenters. The lowest BCUT2D eigenvalue weighted by Crippen LogP contribution is -2.55. The first kappa shape index (κ1) is 16.2. The lowest BCUT2D eigenvalue weighted by molar-refractivity contribution is -0.153. The maximum atomic E-state index is 13.0. The first-order valence-electron chi connectivity index (χ1n) is 10.5. The number of hydrogen-bond donors (Lipinski definition) is 0. The van der Waals surface area contributed by atoms with Crippen LogP contribution in [0.2, 0.25) is 0 Å². The Bertz CT molecular complexity index is 482.